The summed E-state index contributed by atoms with van der Waals surface area (Å²) in [5, 5.41) is 9.10. The third-order valence-corrected chi connectivity index (χ3v) is 2.69. The summed E-state index contributed by atoms with van der Waals surface area (Å²) < 4.78 is 11.1. The Hall–Kier alpha value is -0.840. The summed E-state index contributed by atoms with van der Waals surface area (Å²) in [5.74, 6) is 0.805. The van der Waals surface area contributed by atoms with E-state index in [1.54, 1.807) is 6.26 Å². The molecule has 0 aromatic carbocycles. The van der Waals surface area contributed by atoms with Crippen molar-refractivity contribution in [3.05, 3.63) is 24.2 Å². The number of hydrogen-bond acceptors (Lipinski definition) is 4. The Morgan fingerprint density at radius 3 is 2.93 bits per heavy atom. The zero-order chi connectivity index (χ0) is 10.8. The molecule has 0 spiro atoms. The largest absolute Gasteiger partial charge is 0.465 e. The fourth-order valence-electron chi connectivity index (χ4n) is 1.88. The molecule has 1 aliphatic heterocycles. The second-order valence-electron chi connectivity index (χ2n) is 4.10. The van der Waals surface area contributed by atoms with Gasteiger partial charge in [0.15, 0.2) is 6.23 Å². The zero-order valence-corrected chi connectivity index (χ0v) is 9.09. The van der Waals surface area contributed by atoms with Crippen LogP contribution in [-0.2, 0) is 4.74 Å². The molecule has 1 aromatic rings. The molecule has 4 heteroatoms. The van der Waals surface area contributed by atoms with Crippen LogP contribution in [0.4, 0.5) is 0 Å². The second kappa shape index (κ2) is 4.35. The highest BCUT2D eigenvalue weighted by atomic mass is 16.5. The van der Waals surface area contributed by atoms with Crippen molar-refractivity contribution in [1.82, 2.24) is 4.90 Å². The van der Waals surface area contributed by atoms with Crippen LogP contribution in [-0.4, -0.2) is 35.3 Å². The van der Waals surface area contributed by atoms with E-state index in [4.69, 9.17) is 14.3 Å². The summed E-state index contributed by atoms with van der Waals surface area (Å²) in [6.45, 7) is 5.03. The van der Waals surface area contributed by atoms with Crippen LogP contribution in [0.15, 0.2) is 22.8 Å². The van der Waals surface area contributed by atoms with E-state index in [0.29, 0.717) is 6.04 Å². The number of rotatable bonds is 3. The van der Waals surface area contributed by atoms with Crippen LogP contribution in [0.2, 0.25) is 0 Å². The van der Waals surface area contributed by atoms with E-state index in [1.165, 1.54) is 0 Å². The quantitative estimate of drug-likeness (QED) is 0.820. The molecule has 0 saturated carbocycles. The number of hydrogen-bond donors (Lipinski definition) is 1. The lowest BCUT2D eigenvalue weighted by Gasteiger charge is -2.24. The molecule has 1 N–H and O–H groups in total. The lowest BCUT2D eigenvalue weighted by molar-refractivity contribution is -0.0385. The molecule has 1 fully saturated rings. The minimum Gasteiger partial charge on any atom is -0.465 e. The molecule has 1 saturated heterocycles. The van der Waals surface area contributed by atoms with Gasteiger partial charge < -0.3 is 14.3 Å². The summed E-state index contributed by atoms with van der Waals surface area (Å²) in [6.07, 6.45) is 1.38. The Bertz CT molecular complexity index is 297. The molecule has 0 radical (unpaired) electrons. The summed E-state index contributed by atoms with van der Waals surface area (Å²) in [7, 11) is 0. The summed E-state index contributed by atoms with van der Waals surface area (Å²) >= 11 is 0. The van der Waals surface area contributed by atoms with Crippen molar-refractivity contribution in [3.8, 4) is 0 Å². The van der Waals surface area contributed by atoms with E-state index in [9.17, 15) is 0 Å². The van der Waals surface area contributed by atoms with Crippen molar-refractivity contribution in [2.45, 2.75) is 32.2 Å². The van der Waals surface area contributed by atoms with E-state index < -0.39 is 0 Å². The van der Waals surface area contributed by atoms with Crippen LogP contribution in [0.25, 0.3) is 0 Å². The van der Waals surface area contributed by atoms with Gasteiger partial charge in [-0.1, -0.05) is 0 Å². The van der Waals surface area contributed by atoms with Gasteiger partial charge in [0.25, 0.3) is 0 Å². The summed E-state index contributed by atoms with van der Waals surface area (Å²) in [4.78, 5) is 2.18. The minimum absolute atomic E-state index is 0.0560. The molecule has 2 atom stereocenters. The predicted molar refractivity (Wildman–Crippen MR) is 55.2 cm³/mol. The lowest BCUT2D eigenvalue weighted by atomic mass is 10.2. The van der Waals surface area contributed by atoms with Gasteiger partial charge in [-0.15, -0.1) is 0 Å². The van der Waals surface area contributed by atoms with Gasteiger partial charge in [0.2, 0.25) is 0 Å². The minimum atomic E-state index is -0.155. The van der Waals surface area contributed by atoms with Crippen LogP contribution < -0.4 is 0 Å². The summed E-state index contributed by atoms with van der Waals surface area (Å²) in [6, 6.07) is 4.13. The SMILES string of the molecule is CC(C)N1CC(CO)OC1c1ccco1. The Morgan fingerprint density at radius 2 is 2.40 bits per heavy atom. The number of ether oxygens (including phenoxy) is 1. The standard InChI is InChI=1S/C11H17NO3/c1-8(2)12-6-9(7-13)15-11(12)10-4-3-5-14-10/h3-5,8-9,11,13H,6-7H2,1-2H3. The Kier molecular flexibility index (Phi) is 3.09. The van der Waals surface area contributed by atoms with Gasteiger partial charge in [-0.25, -0.2) is 0 Å². The third kappa shape index (κ3) is 2.07. The van der Waals surface area contributed by atoms with Crippen molar-refractivity contribution in [2.75, 3.05) is 13.2 Å². The van der Waals surface area contributed by atoms with Crippen molar-refractivity contribution in [2.24, 2.45) is 0 Å². The molecule has 0 amide bonds. The maximum absolute atomic E-state index is 9.10. The van der Waals surface area contributed by atoms with Gasteiger partial charge in [0, 0.05) is 12.6 Å². The zero-order valence-electron chi connectivity index (χ0n) is 9.09. The normalized spacial score (nSPS) is 27.7. The second-order valence-corrected chi connectivity index (χ2v) is 4.10. The molecule has 84 valence electrons. The van der Waals surface area contributed by atoms with Gasteiger partial charge in [-0.2, -0.15) is 0 Å². The maximum atomic E-state index is 9.10. The van der Waals surface area contributed by atoms with Crippen molar-refractivity contribution in [1.29, 1.82) is 0 Å². The molecular formula is C11H17NO3. The number of furan rings is 1. The van der Waals surface area contributed by atoms with Gasteiger partial charge in [0.05, 0.1) is 19.0 Å². The molecule has 0 aliphatic carbocycles. The van der Waals surface area contributed by atoms with Gasteiger partial charge in [-0.05, 0) is 26.0 Å². The van der Waals surface area contributed by atoms with Crippen molar-refractivity contribution >= 4 is 0 Å². The Labute approximate surface area is 89.4 Å². The van der Waals surface area contributed by atoms with Crippen LogP contribution in [0.5, 0.6) is 0 Å². The first-order chi connectivity index (χ1) is 7.22. The summed E-state index contributed by atoms with van der Waals surface area (Å²) in [5.41, 5.74) is 0. The molecule has 2 heterocycles. The van der Waals surface area contributed by atoms with Crippen LogP contribution >= 0.6 is 0 Å². The molecule has 15 heavy (non-hydrogen) atoms. The van der Waals surface area contributed by atoms with Crippen molar-refractivity contribution < 1.29 is 14.3 Å². The van der Waals surface area contributed by atoms with Crippen molar-refractivity contribution in [3.63, 3.8) is 0 Å². The first-order valence-electron chi connectivity index (χ1n) is 5.28. The molecule has 4 nitrogen and oxygen atoms in total. The average molecular weight is 211 g/mol. The topological polar surface area (TPSA) is 45.8 Å². The highest BCUT2D eigenvalue weighted by Gasteiger charge is 2.36. The molecule has 0 bridgehead atoms. The number of aliphatic hydroxyl groups excluding tert-OH is 1. The fraction of sp³-hybridized carbons (Fsp3) is 0.636. The van der Waals surface area contributed by atoms with Gasteiger partial charge in [0.1, 0.15) is 5.76 Å². The number of aliphatic hydroxyl groups is 1. The Morgan fingerprint density at radius 1 is 1.60 bits per heavy atom. The van der Waals surface area contributed by atoms with E-state index in [0.717, 1.165) is 12.3 Å². The molecule has 1 aromatic heterocycles. The smallest absolute Gasteiger partial charge is 0.170 e. The van der Waals surface area contributed by atoms with Gasteiger partial charge >= 0.3 is 0 Å². The van der Waals surface area contributed by atoms with E-state index in [1.807, 2.05) is 12.1 Å². The average Bonchev–Trinajstić information content (AvgIpc) is 2.86. The van der Waals surface area contributed by atoms with Crippen LogP contribution in [0, 0.1) is 0 Å². The monoisotopic (exact) mass is 211 g/mol. The fourth-order valence-corrected chi connectivity index (χ4v) is 1.88. The van der Waals surface area contributed by atoms with E-state index >= 15 is 0 Å². The number of nitrogens with zero attached hydrogens (tertiary/aromatic N) is 1. The third-order valence-electron chi connectivity index (χ3n) is 2.69. The molecule has 1 aliphatic rings. The molecular weight excluding hydrogens is 194 g/mol. The van der Waals surface area contributed by atoms with E-state index in [2.05, 4.69) is 18.7 Å². The first-order valence-corrected chi connectivity index (χ1v) is 5.28. The maximum Gasteiger partial charge on any atom is 0.170 e. The van der Waals surface area contributed by atoms with Gasteiger partial charge in [-0.3, -0.25) is 4.90 Å². The lowest BCUT2D eigenvalue weighted by Crippen LogP contribution is -2.31. The van der Waals surface area contributed by atoms with Crippen LogP contribution in [0.3, 0.4) is 0 Å². The Balaban J connectivity index is 2.15. The van der Waals surface area contributed by atoms with E-state index in [-0.39, 0.29) is 18.9 Å². The van der Waals surface area contributed by atoms with Crippen LogP contribution in [0.1, 0.15) is 25.8 Å². The highest BCUT2D eigenvalue weighted by Crippen LogP contribution is 2.31. The predicted octanol–water partition coefficient (Wildman–Crippen LogP) is 1.38. The molecule has 2 unspecified atom stereocenters. The molecule has 2 rings (SSSR count). The first kappa shape index (κ1) is 10.7. The highest BCUT2D eigenvalue weighted by molar-refractivity contribution is 5.04.